The van der Waals surface area contributed by atoms with Crippen LogP contribution in [0.3, 0.4) is 0 Å². The molecule has 1 rings (SSSR count). The Hall–Kier alpha value is -0.120. The van der Waals surface area contributed by atoms with Crippen molar-refractivity contribution in [1.82, 2.24) is 0 Å². The zero-order chi connectivity index (χ0) is 10.9. The summed E-state index contributed by atoms with van der Waals surface area (Å²) in [6.07, 6.45) is -4.58. The van der Waals surface area contributed by atoms with Gasteiger partial charge in [0.2, 0.25) is 0 Å². The number of rotatable bonds is 1. The lowest BCUT2D eigenvalue weighted by Crippen LogP contribution is -2.10. The van der Waals surface area contributed by atoms with Crippen molar-refractivity contribution in [3.8, 4) is 0 Å². The predicted molar refractivity (Wildman–Crippen MR) is 49.7 cm³/mol. The average molecular weight is 262 g/mol. The fraction of sp³-hybridized carbons (Fsp3) is 0.250. The SMILES string of the molecule is FC(F)(F)c1c(C(Cl)Cl)[c]ccc1Cl. The van der Waals surface area contributed by atoms with E-state index in [1.54, 1.807) is 0 Å². The van der Waals surface area contributed by atoms with Crippen molar-refractivity contribution in [1.29, 1.82) is 0 Å². The molecule has 0 fully saturated rings. The van der Waals surface area contributed by atoms with E-state index in [0.717, 1.165) is 6.07 Å². The van der Waals surface area contributed by atoms with Crippen LogP contribution in [-0.2, 0) is 6.18 Å². The number of alkyl halides is 5. The maximum absolute atomic E-state index is 12.4. The van der Waals surface area contributed by atoms with Crippen LogP contribution < -0.4 is 0 Å². The van der Waals surface area contributed by atoms with Gasteiger partial charge in [0.25, 0.3) is 0 Å². The summed E-state index contributed by atoms with van der Waals surface area (Å²) < 4.78 is 37.3. The van der Waals surface area contributed by atoms with Crippen LogP contribution >= 0.6 is 34.8 Å². The largest absolute Gasteiger partial charge is 0.418 e. The van der Waals surface area contributed by atoms with Crippen molar-refractivity contribution in [2.45, 2.75) is 11.0 Å². The second kappa shape index (κ2) is 4.17. The molecule has 77 valence electrons. The van der Waals surface area contributed by atoms with Crippen LogP contribution in [0.5, 0.6) is 0 Å². The molecule has 0 aliphatic heterocycles. The van der Waals surface area contributed by atoms with E-state index < -0.39 is 21.6 Å². The van der Waals surface area contributed by atoms with Crippen LogP contribution in [0.4, 0.5) is 13.2 Å². The minimum absolute atomic E-state index is 0.353. The summed E-state index contributed by atoms with van der Waals surface area (Å²) in [6.45, 7) is 0. The molecule has 6 heteroatoms. The molecule has 0 saturated heterocycles. The van der Waals surface area contributed by atoms with Gasteiger partial charge in [0.05, 0.1) is 10.6 Å². The molecule has 0 bridgehead atoms. The Morgan fingerprint density at radius 3 is 2.21 bits per heavy atom. The van der Waals surface area contributed by atoms with Gasteiger partial charge in [-0.05, 0) is 12.1 Å². The Morgan fingerprint density at radius 2 is 1.86 bits per heavy atom. The van der Waals surface area contributed by atoms with E-state index in [-0.39, 0.29) is 5.56 Å². The normalized spacial score (nSPS) is 12.2. The standard InChI is InChI=1S/C8H3Cl3F3/c9-5-3-1-2-4(7(10)11)6(5)8(12,13)14/h1,3,7H. The Labute approximate surface area is 93.6 Å². The highest BCUT2D eigenvalue weighted by Gasteiger charge is 2.37. The Bertz CT molecular complexity index is 333. The molecule has 0 spiro atoms. The molecule has 0 aromatic heterocycles. The monoisotopic (exact) mass is 261 g/mol. The number of halogens is 6. The van der Waals surface area contributed by atoms with E-state index in [9.17, 15) is 13.2 Å². The molecule has 0 saturated carbocycles. The first-order valence-corrected chi connectivity index (χ1v) is 4.64. The number of hydrogen-bond donors (Lipinski definition) is 0. The molecule has 14 heavy (non-hydrogen) atoms. The van der Waals surface area contributed by atoms with E-state index in [2.05, 4.69) is 6.07 Å². The molecule has 0 atom stereocenters. The van der Waals surface area contributed by atoms with Crippen molar-refractivity contribution in [2.75, 3.05) is 0 Å². The zero-order valence-electron chi connectivity index (χ0n) is 6.50. The highest BCUT2D eigenvalue weighted by atomic mass is 35.5. The predicted octanol–water partition coefficient (Wildman–Crippen LogP) is 4.64. The summed E-state index contributed by atoms with van der Waals surface area (Å²) in [6, 6.07) is 4.64. The summed E-state index contributed by atoms with van der Waals surface area (Å²) in [7, 11) is 0. The van der Waals surface area contributed by atoms with Gasteiger partial charge in [0.15, 0.2) is 0 Å². The highest BCUT2D eigenvalue weighted by Crippen LogP contribution is 2.41. The summed E-state index contributed by atoms with van der Waals surface area (Å²) >= 11 is 16.1. The van der Waals surface area contributed by atoms with Crippen molar-refractivity contribution in [2.24, 2.45) is 0 Å². The van der Waals surface area contributed by atoms with Gasteiger partial charge < -0.3 is 0 Å². The van der Waals surface area contributed by atoms with E-state index in [1.807, 2.05) is 0 Å². The fourth-order valence-corrected chi connectivity index (χ4v) is 1.57. The minimum atomic E-state index is -4.58. The van der Waals surface area contributed by atoms with Crippen LogP contribution in [0.25, 0.3) is 0 Å². The molecular weight excluding hydrogens is 259 g/mol. The van der Waals surface area contributed by atoms with Gasteiger partial charge in [-0.25, -0.2) is 0 Å². The second-order valence-electron chi connectivity index (χ2n) is 2.41. The average Bonchev–Trinajstić information content (AvgIpc) is 2.01. The molecule has 0 N–H and O–H groups in total. The molecule has 1 aromatic carbocycles. The van der Waals surface area contributed by atoms with Gasteiger partial charge in [-0.15, -0.1) is 23.2 Å². The Balaban J connectivity index is 3.38. The molecule has 1 aromatic rings. The van der Waals surface area contributed by atoms with Gasteiger partial charge in [0, 0.05) is 5.56 Å². The van der Waals surface area contributed by atoms with Gasteiger partial charge in [-0.2, -0.15) is 13.2 Å². The van der Waals surface area contributed by atoms with Crippen LogP contribution in [0.15, 0.2) is 12.1 Å². The maximum atomic E-state index is 12.4. The van der Waals surface area contributed by atoms with Gasteiger partial charge in [0.1, 0.15) is 4.84 Å². The quantitative estimate of drug-likeness (QED) is 0.647. The lowest BCUT2D eigenvalue weighted by Gasteiger charge is -2.14. The number of benzene rings is 1. The third-order valence-corrected chi connectivity index (χ3v) is 2.23. The topological polar surface area (TPSA) is 0 Å². The third-order valence-electron chi connectivity index (χ3n) is 1.48. The van der Waals surface area contributed by atoms with E-state index in [1.165, 1.54) is 6.07 Å². The van der Waals surface area contributed by atoms with Crippen LogP contribution in [-0.4, -0.2) is 0 Å². The van der Waals surface area contributed by atoms with E-state index in [0.29, 0.717) is 0 Å². The highest BCUT2D eigenvalue weighted by molar-refractivity contribution is 6.44. The van der Waals surface area contributed by atoms with E-state index >= 15 is 0 Å². The van der Waals surface area contributed by atoms with Crippen LogP contribution in [0.2, 0.25) is 5.02 Å². The van der Waals surface area contributed by atoms with Gasteiger partial charge >= 0.3 is 6.18 Å². The Kier molecular flexibility index (Phi) is 3.56. The van der Waals surface area contributed by atoms with Crippen molar-refractivity contribution in [3.63, 3.8) is 0 Å². The smallest absolute Gasteiger partial charge is 0.166 e. The first kappa shape index (κ1) is 12.0. The van der Waals surface area contributed by atoms with Crippen molar-refractivity contribution >= 4 is 34.8 Å². The molecule has 0 unspecified atom stereocenters. The molecule has 0 heterocycles. The maximum Gasteiger partial charge on any atom is 0.418 e. The van der Waals surface area contributed by atoms with Crippen LogP contribution in [0.1, 0.15) is 16.0 Å². The molecule has 0 aliphatic carbocycles. The summed E-state index contributed by atoms with van der Waals surface area (Å²) in [5.41, 5.74) is -1.38. The van der Waals surface area contributed by atoms with Crippen LogP contribution in [0, 0.1) is 6.07 Å². The minimum Gasteiger partial charge on any atom is -0.166 e. The molecule has 0 nitrogen and oxygen atoms in total. The Morgan fingerprint density at radius 1 is 1.29 bits per heavy atom. The van der Waals surface area contributed by atoms with Gasteiger partial charge in [-0.1, -0.05) is 17.7 Å². The first-order valence-electron chi connectivity index (χ1n) is 3.39. The van der Waals surface area contributed by atoms with Gasteiger partial charge in [-0.3, -0.25) is 0 Å². The first-order chi connectivity index (χ1) is 6.34. The zero-order valence-corrected chi connectivity index (χ0v) is 8.77. The lowest BCUT2D eigenvalue weighted by atomic mass is 10.1. The van der Waals surface area contributed by atoms with Crippen molar-refractivity contribution in [3.05, 3.63) is 34.3 Å². The molecular formula is C8H3Cl3F3. The second-order valence-corrected chi connectivity index (χ2v) is 3.92. The number of hydrogen-bond acceptors (Lipinski definition) is 0. The summed E-state index contributed by atoms with van der Waals surface area (Å²) in [5.74, 6) is 0. The van der Waals surface area contributed by atoms with Crippen molar-refractivity contribution < 1.29 is 13.2 Å². The van der Waals surface area contributed by atoms with E-state index in [4.69, 9.17) is 34.8 Å². The fourth-order valence-electron chi connectivity index (χ4n) is 0.949. The third kappa shape index (κ3) is 2.47. The summed E-state index contributed by atoms with van der Waals surface area (Å²) in [4.78, 5) is -1.30. The lowest BCUT2D eigenvalue weighted by molar-refractivity contribution is -0.138. The summed E-state index contributed by atoms with van der Waals surface area (Å²) in [5, 5.41) is -0.433. The molecule has 0 amide bonds. The molecule has 0 aliphatic rings. The molecule has 1 radical (unpaired) electrons.